The van der Waals surface area contributed by atoms with E-state index in [4.69, 9.17) is 18.9 Å². The van der Waals surface area contributed by atoms with Gasteiger partial charge in [-0.15, -0.1) is 0 Å². The Hall–Kier alpha value is -3.19. The maximum atomic E-state index is 12.8. The van der Waals surface area contributed by atoms with Crippen LogP contribution in [0, 0.1) is 0 Å². The van der Waals surface area contributed by atoms with Crippen LogP contribution in [0.2, 0.25) is 0 Å². The number of quaternary nitrogens is 1. The Morgan fingerprint density at radius 1 is 1.04 bits per heavy atom. The Bertz CT molecular complexity index is 948. The molecule has 1 heterocycles. The number of carbonyl (C=O) groups excluding carboxylic acids is 1. The van der Waals surface area contributed by atoms with E-state index < -0.39 is 0 Å². The lowest BCUT2D eigenvalue weighted by molar-refractivity contribution is -0.872. The number of benzene rings is 2. The zero-order chi connectivity index (χ0) is 20.4. The van der Waals surface area contributed by atoms with Gasteiger partial charge in [0, 0.05) is 11.6 Å². The molecule has 0 bridgehead atoms. The molecule has 2 aromatic rings. The molecule has 0 amide bonds. The number of hydrogen-bond acceptors (Lipinski definition) is 6. The van der Waals surface area contributed by atoms with Gasteiger partial charge in [0.15, 0.2) is 23.0 Å². The van der Waals surface area contributed by atoms with Crippen molar-refractivity contribution in [2.45, 2.75) is 6.54 Å². The molecule has 0 saturated heterocycles. The summed E-state index contributed by atoms with van der Waals surface area (Å²) in [7, 11) is 8.52. The van der Waals surface area contributed by atoms with E-state index in [9.17, 15) is 9.90 Å². The van der Waals surface area contributed by atoms with Crippen LogP contribution >= 0.6 is 0 Å². The predicted octanol–water partition coefficient (Wildman–Crippen LogP) is 1.68. The molecule has 0 unspecified atom stereocenters. The van der Waals surface area contributed by atoms with Gasteiger partial charge in [-0.25, -0.2) is 0 Å². The van der Waals surface area contributed by atoms with E-state index in [1.807, 2.05) is 14.1 Å². The highest BCUT2D eigenvalue weighted by Gasteiger charge is 2.32. The van der Waals surface area contributed by atoms with Crippen molar-refractivity contribution in [3.63, 3.8) is 0 Å². The van der Waals surface area contributed by atoms with Gasteiger partial charge in [0.25, 0.3) is 0 Å². The van der Waals surface area contributed by atoms with Crippen molar-refractivity contribution >= 4 is 11.9 Å². The lowest BCUT2D eigenvalue weighted by Crippen LogP contribution is -3.04. The second-order valence-electron chi connectivity index (χ2n) is 6.71. The SMILES string of the molecule is COc1cc(OC)c(OC)cc1C=C1Oc2c(ccc(O)c2C[NH+](C)C)C1=O. The Morgan fingerprint density at radius 2 is 1.68 bits per heavy atom. The molecule has 2 aromatic carbocycles. The van der Waals surface area contributed by atoms with Gasteiger partial charge in [-0.2, -0.15) is 0 Å². The molecule has 0 atom stereocenters. The summed E-state index contributed by atoms with van der Waals surface area (Å²) in [4.78, 5) is 13.9. The normalized spacial score (nSPS) is 14.2. The van der Waals surface area contributed by atoms with Gasteiger partial charge in [-0.05, 0) is 24.3 Å². The second-order valence-corrected chi connectivity index (χ2v) is 6.71. The first kappa shape index (κ1) is 19.6. The molecule has 3 rings (SSSR count). The molecule has 148 valence electrons. The van der Waals surface area contributed by atoms with E-state index in [1.165, 1.54) is 27.4 Å². The monoisotopic (exact) mass is 386 g/mol. The van der Waals surface area contributed by atoms with Crippen LogP contribution in [0.25, 0.3) is 6.08 Å². The number of aromatic hydroxyl groups is 1. The highest BCUT2D eigenvalue weighted by atomic mass is 16.5. The summed E-state index contributed by atoms with van der Waals surface area (Å²) in [6.45, 7) is 0.523. The van der Waals surface area contributed by atoms with Crippen molar-refractivity contribution in [2.24, 2.45) is 0 Å². The molecule has 1 aliphatic heterocycles. The number of phenols is 1. The minimum Gasteiger partial charge on any atom is -0.507 e. The second kappa shape index (κ2) is 7.82. The van der Waals surface area contributed by atoms with Crippen molar-refractivity contribution in [2.75, 3.05) is 35.4 Å². The lowest BCUT2D eigenvalue weighted by Gasteiger charge is -2.13. The molecule has 0 spiro atoms. The molecule has 7 heteroatoms. The van der Waals surface area contributed by atoms with Crippen LogP contribution < -0.4 is 23.8 Å². The van der Waals surface area contributed by atoms with E-state index in [0.717, 1.165) is 4.90 Å². The summed E-state index contributed by atoms with van der Waals surface area (Å²) in [6.07, 6.45) is 1.60. The Labute approximate surface area is 163 Å². The number of ketones is 1. The van der Waals surface area contributed by atoms with Crippen LogP contribution in [-0.4, -0.2) is 46.3 Å². The molecule has 0 aliphatic carbocycles. The first-order chi connectivity index (χ1) is 13.4. The number of allylic oxidation sites excluding steroid dienone is 1. The van der Waals surface area contributed by atoms with E-state index in [-0.39, 0.29) is 17.3 Å². The molecule has 0 radical (unpaired) electrons. The standard InChI is InChI=1S/C21H23NO6/c1-22(2)11-14-15(23)7-6-13-20(24)19(28-21(13)14)9-12-8-17(26-4)18(27-5)10-16(12)25-3/h6-10,23H,11H2,1-5H3/p+1. The topological polar surface area (TPSA) is 78.7 Å². The summed E-state index contributed by atoms with van der Waals surface area (Å²) >= 11 is 0. The van der Waals surface area contributed by atoms with Gasteiger partial charge >= 0.3 is 0 Å². The zero-order valence-electron chi connectivity index (χ0n) is 16.6. The fraction of sp³-hybridized carbons (Fsp3) is 0.286. The highest BCUT2D eigenvalue weighted by molar-refractivity contribution is 6.15. The zero-order valence-corrected chi connectivity index (χ0v) is 16.6. The lowest BCUT2D eigenvalue weighted by atomic mass is 10.0. The fourth-order valence-corrected chi connectivity index (χ4v) is 3.13. The number of fused-ring (bicyclic) bond motifs is 1. The molecular formula is C21H24NO6+. The number of Topliss-reactive ketones (excluding diaryl/α,β-unsaturated/α-hetero) is 1. The largest absolute Gasteiger partial charge is 0.507 e. The van der Waals surface area contributed by atoms with Crippen LogP contribution in [-0.2, 0) is 6.54 Å². The van der Waals surface area contributed by atoms with E-state index in [0.29, 0.717) is 46.2 Å². The molecule has 28 heavy (non-hydrogen) atoms. The first-order valence-corrected chi connectivity index (χ1v) is 8.77. The van der Waals surface area contributed by atoms with Crippen molar-refractivity contribution in [1.29, 1.82) is 0 Å². The quantitative estimate of drug-likeness (QED) is 0.736. The molecule has 2 N–H and O–H groups in total. The molecule has 0 fully saturated rings. The van der Waals surface area contributed by atoms with Crippen molar-refractivity contribution in [3.05, 3.63) is 46.7 Å². The molecule has 0 aromatic heterocycles. The molecular weight excluding hydrogens is 362 g/mol. The maximum absolute atomic E-state index is 12.8. The smallest absolute Gasteiger partial charge is 0.231 e. The Kier molecular flexibility index (Phi) is 5.46. The molecule has 1 aliphatic rings. The van der Waals surface area contributed by atoms with Crippen molar-refractivity contribution in [3.8, 4) is 28.7 Å². The third-order valence-corrected chi connectivity index (χ3v) is 4.47. The van der Waals surface area contributed by atoms with Crippen molar-refractivity contribution < 1.29 is 33.7 Å². The van der Waals surface area contributed by atoms with Crippen molar-refractivity contribution in [1.82, 2.24) is 0 Å². The number of ether oxygens (including phenoxy) is 4. The third kappa shape index (κ3) is 3.48. The summed E-state index contributed by atoms with van der Waals surface area (Å²) < 4.78 is 21.9. The number of phenolic OH excluding ortho intramolecular Hbond substituents is 1. The van der Waals surface area contributed by atoms with Gasteiger partial charge < -0.3 is 29.0 Å². The van der Waals surface area contributed by atoms with E-state index in [1.54, 1.807) is 24.3 Å². The molecule has 0 saturated carbocycles. The Balaban J connectivity index is 2.06. The van der Waals surface area contributed by atoms with Gasteiger partial charge in [-0.3, -0.25) is 4.79 Å². The maximum Gasteiger partial charge on any atom is 0.231 e. The number of carbonyl (C=O) groups is 1. The summed E-state index contributed by atoms with van der Waals surface area (Å²) in [5, 5.41) is 10.2. The van der Waals surface area contributed by atoms with E-state index in [2.05, 4.69) is 0 Å². The average Bonchev–Trinajstić information content (AvgIpc) is 2.99. The summed E-state index contributed by atoms with van der Waals surface area (Å²) in [5.41, 5.74) is 1.65. The number of rotatable bonds is 6. The van der Waals surface area contributed by atoms with Crippen LogP contribution in [0.15, 0.2) is 30.0 Å². The third-order valence-electron chi connectivity index (χ3n) is 4.47. The average molecular weight is 386 g/mol. The number of hydrogen-bond donors (Lipinski definition) is 2. The highest BCUT2D eigenvalue weighted by Crippen LogP contribution is 2.41. The fourth-order valence-electron chi connectivity index (χ4n) is 3.13. The summed E-state index contributed by atoms with van der Waals surface area (Å²) in [5.74, 6) is 1.95. The van der Waals surface area contributed by atoms with Gasteiger partial charge in [0.2, 0.25) is 5.78 Å². The van der Waals surface area contributed by atoms with Crippen LogP contribution in [0.5, 0.6) is 28.7 Å². The minimum absolute atomic E-state index is 0.109. The number of nitrogens with one attached hydrogen (secondary N) is 1. The first-order valence-electron chi connectivity index (χ1n) is 8.77. The van der Waals surface area contributed by atoms with Gasteiger partial charge in [0.05, 0.1) is 46.6 Å². The minimum atomic E-state index is -0.248. The van der Waals surface area contributed by atoms with Gasteiger partial charge in [-0.1, -0.05) is 0 Å². The summed E-state index contributed by atoms with van der Waals surface area (Å²) in [6, 6.07) is 6.50. The number of methoxy groups -OCH3 is 3. The van der Waals surface area contributed by atoms with Crippen LogP contribution in [0.3, 0.4) is 0 Å². The van der Waals surface area contributed by atoms with Crippen LogP contribution in [0.4, 0.5) is 0 Å². The van der Waals surface area contributed by atoms with Gasteiger partial charge in [0.1, 0.15) is 18.0 Å². The Morgan fingerprint density at radius 3 is 2.29 bits per heavy atom. The van der Waals surface area contributed by atoms with Crippen LogP contribution in [0.1, 0.15) is 21.5 Å². The molecule has 7 nitrogen and oxygen atoms in total. The van der Waals surface area contributed by atoms with E-state index >= 15 is 0 Å². The predicted molar refractivity (Wildman–Crippen MR) is 104 cm³/mol.